The van der Waals surface area contributed by atoms with Crippen LogP contribution in [0.2, 0.25) is 0 Å². The lowest BCUT2D eigenvalue weighted by molar-refractivity contribution is 0.0951. The minimum atomic E-state index is -2.48. The molecule has 134 valence electrons. The summed E-state index contributed by atoms with van der Waals surface area (Å²) in [7, 11) is 0. The predicted octanol–water partition coefficient (Wildman–Crippen LogP) is 2.74. The third kappa shape index (κ3) is 4.14. The van der Waals surface area contributed by atoms with E-state index < -0.39 is 17.2 Å². The first-order chi connectivity index (χ1) is 12.5. The molecule has 7 nitrogen and oxygen atoms in total. The molecule has 0 radical (unpaired) electrons. The van der Waals surface area contributed by atoms with Crippen molar-refractivity contribution in [1.29, 1.82) is 0 Å². The number of aromatic nitrogens is 2. The molecule has 2 heterocycles. The molecule has 2 aromatic heterocycles. The Morgan fingerprint density at radius 3 is 2.85 bits per heavy atom. The number of hydrazone groups is 1. The van der Waals surface area contributed by atoms with Gasteiger partial charge in [0.1, 0.15) is 11.5 Å². The second kappa shape index (κ2) is 7.91. The van der Waals surface area contributed by atoms with Gasteiger partial charge in [-0.1, -0.05) is 30.0 Å². The minimum absolute atomic E-state index is 0.0193. The number of H-pyrrole nitrogens is 1. The van der Waals surface area contributed by atoms with Gasteiger partial charge in [-0.25, -0.2) is 10.5 Å². The van der Waals surface area contributed by atoms with E-state index in [-0.39, 0.29) is 11.4 Å². The van der Waals surface area contributed by atoms with Gasteiger partial charge in [0, 0.05) is 5.39 Å². The number of furan rings is 1. The van der Waals surface area contributed by atoms with Crippen LogP contribution in [0.5, 0.6) is 0 Å². The molecule has 0 fully saturated rings. The Morgan fingerprint density at radius 2 is 2.08 bits per heavy atom. The van der Waals surface area contributed by atoms with Gasteiger partial charge >= 0.3 is 0 Å². The maximum atomic E-state index is 12.2. The van der Waals surface area contributed by atoms with Crippen LogP contribution in [0.15, 0.2) is 50.7 Å². The van der Waals surface area contributed by atoms with Gasteiger partial charge in [-0.05, 0) is 18.2 Å². The molecule has 3 aromatic rings. The fourth-order valence-corrected chi connectivity index (χ4v) is 2.63. The van der Waals surface area contributed by atoms with E-state index in [1.54, 1.807) is 36.4 Å². The number of thioether (sulfide) groups is 1. The molecular formula is C16H12F2N4O3S. The Labute approximate surface area is 149 Å². The molecule has 1 amide bonds. The zero-order valence-electron chi connectivity index (χ0n) is 13.1. The third-order valence-electron chi connectivity index (χ3n) is 3.30. The number of halogens is 2. The summed E-state index contributed by atoms with van der Waals surface area (Å²) >= 11 is 0.447. The first-order valence-corrected chi connectivity index (χ1v) is 8.39. The summed E-state index contributed by atoms with van der Waals surface area (Å²) in [6.45, 7) is 0. The molecule has 0 saturated heterocycles. The fraction of sp³-hybridized carbons (Fsp3) is 0.125. The maximum absolute atomic E-state index is 12.2. The SMILES string of the molecule is O=C(N/N=C\c1ccc(CSC(F)F)o1)c1n[nH]c(=O)c2ccccc12. The molecule has 0 bridgehead atoms. The summed E-state index contributed by atoms with van der Waals surface area (Å²) < 4.78 is 29.6. The summed E-state index contributed by atoms with van der Waals surface area (Å²) in [5.74, 6) is -2.39. The molecule has 0 aliphatic carbocycles. The van der Waals surface area contributed by atoms with E-state index in [0.717, 1.165) is 0 Å². The standard InChI is InChI=1S/C16H12F2N4O3S/c17-16(18)26-8-10-6-5-9(25-10)7-19-21-15(24)13-11-3-1-2-4-12(11)14(23)22-20-13/h1-7,16H,8H2,(H,21,24)(H,22,23)/b19-7-. The number of benzene rings is 1. The van der Waals surface area contributed by atoms with E-state index in [2.05, 4.69) is 20.7 Å². The number of carbonyl (C=O) groups is 1. The number of fused-ring (bicyclic) bond motifs is 1. The van der Waals surface area contributed by atoms with Crippen LogP contribution in [0.4, 0.5) is 8.78 Å². The van der Waals surface area contributed by atoms with Gasteiger partial charge in [0.2, 0.25) is 0 Å². The van der Waals surface area contributed by atoms with Crippen molar-refractivity contribution in [2.24, 2.45) is 5.10 Å². The average molecular weight is 378 g/mol. The van der Waals surface area contributed by atoms with Crippen LogP contribution in [-0.4, -0.2) is 28.1 Å². The van der Waals surface area contributed by atoms with E-state index in [1.807, 2.05) is 0 Å². The van der Waals surface area contributed by atoms with Crippen molar-refractivity contribution in [3.8, 4) is 0 Å². The third-order valence-corrected chi connectivity index (χ3v) is 4.01. The molecule has 2 N–H and O–H groups in total. The van der Waals surface area contributed by atoms with E-state index in [0.29, 0.717) is 34.1 Å². The van der Waals surface area contributed by atoms with Crippen LogP contribution in [0.25, 0.3) is 10.8 Å². The van der Waals surface area contributed by atoms with Crippen molar-refractivity contribution >= 4 is 34.7 Å². The summed E-state index contributed by atoms with van der Waals surface area (Å²) in [6, 6.07) is 9.65. The predicted molar refractivity (Wildman–Crippen MR) is 93.4 cm³/mol. The van der Waals surface area contributed by atoms with Gasteiger partial charge < -0.3 is 4.42 Å². The van der Waals surface area contributed by atoms with Crippen molar-refractivity contribution in [2.75, 3.05) is 0 Å². The van der Waals surface area contributed by atoms with Crippen molar-refractivity contribution < 1.29 is 18.0 Å². The average Bonchev–Trinajstić information content (AvgIpc) is 3.08. The molecule has 0 aliphatic rings. The summed E-state index contributed by atoms with van der Waals surface area (Å²) in [4.78, 5) is 23.9. The zero-order chi connectivity index (χ0) is 18.5. The molecule has 1 aromatic carbocycles. The van der Waals surface area contributed by atoms with Crippen molar-refractivity contribution in [3.63, 3.8) is 0 Å². The normalized spacial score (nSPS) is 11.5. The molecular weight excluding hydrogens is 366 g/mol. The van der Waals surface area contributed by atoms with E-state index in [4.69, 9.17) is 4.42 Å². The van der Waals surface area contributed by atoms with Crippen LogP contribution < -0.4 is 11.0 Å². The number of alkyl halides is 2. The number of rotatable bonds is 6. The maximum Gasteiger partial charge on any atom is 0.292 e. The molecule has 3 rings (SSSR count). The Bertz CT molecular complexity index is 1020. The number of hydrogen-bond donors (Lipinski definition) is 2. The largest absolute Gasteiger partial charge is 0.459 e. The van der Waals surface area contributed by atoms with Gasteiger partial charge in [0.15, 0.2) is 5.69 Å². The van der Waals surface area contributed by atoms with Crippen LogP contribution in [0.3, 0.4) is 0 Å². The number of carbonyl (C=O) groups excluding carboxylic acids is 1. The molecule has 0 spiro atoms. The number of amides is 1. The highest BCUT2D eigenvalue weighted by Gasteiger charge is 2.13. The quantitative estimate of drug-likeness (QED) is 0.507. The smallest absolute Gasteiger partial charge is 0.292 e. The van der Waals surface area contributed by atoms with Crippen LogP contribution in [0, 0.1) is 0 Å². The molecule has 0 unspecified atom stereocenters. The van der Waals surface area contributed by atoms with Gasteiger partial charge in [-0.2, -0.15) is 19.0 Å². The van der Waals surface area contributed by atoms with Crippen molar-refractivity contribution in [1.82, 2.24) is 15.6 Å². The number of hydrogen-bond acceptors (Lipinski definition) is 6. The molecule has 0 aliphatic heterocycles. The van der Waals surface area contributed by atoms with Crippen LogP contribution in [0.1, 0.15) is 22.0 Å². The Morgan fingerprint density at radius 1 is 1.31 bits per heavy atom. The Hall–Kier alpha value is -3.01. The van der Waals surface area contributed by atoms with Gasteiger partial charge in [-0.15, -0.1) is 0 Å². The first-order valence-electron chi connectivity index (χ1n) is 7.34. The van der Waals surface area contributed by atoms with E-state index >= 15 is 0 Å². The molecule has 10 heteroatoms. The summed E-state index contributed by atoms with van der Waals surface area (Å²) in [5, 5.41) is 10.5. The lowest BCUT2D eigenvalue weighted by Crippen LogP contribution is -2.22. The lowest BCUT2D eigenvalue weighted by atomic mass is 10.1. The highest BCUT2D eigenvalue weighted by molar-refractivity contribution is 7.98. The highest BCUT2D eigenvalue weighted by atomic mass is 32.2. The monoisotopic (exact) mass is 378 g/mol. The number of nitrogens with zero attached hydrogens (tertiary/aromatic N) is 2. The number of aromatic amines is 1. The van der Waals surface area contributed by atoms with Gasteiger partial charge in [-0.3, -0.25) is 9.59 Å². The fourth-order valence-electron chi connectivity index (χ4n) is 2.18. The summed E-state index contributed by atoms with van der Waals surface area (Å²) in [6.07, 6.45) is 1.24. The highest BCUT2D eigenvalue weighted by Crippen LogP contribution is 2.20. The second-order valence-electron chi connectivity index (χ2n) is 5.02. The minimum Gasteiger partial charge on any atom is -0.459 e. The first kappa shape index (κ1) is 17.8. The zero-order valence-corrected chi connectivity index (χ0v) is 13.9. The van der Waals surface area contributed by atoms with E-state index in [1.165, 1.54) is 6.21 Å². The van der Waals surface area contributed by atoms with Crippen molar-refractivity contribution in [3.05, 3.63) is 64.0 Å². The lowest BCUT2D eigenvalue weighted by Gasteiger charge is -2.02. The van der Waals surface area contributed by atoms with Gasteiger partial charge in [0.05, 0.1) is 17.4 Å². The Kier molecular flexibility index (Phi) is 5.42. The van der Waals surface area contributed by atoms with Crippen LogP contribution >= 0.6 is 11.8 Å². The molecule has 0 saturated carbocycles. The van der Waals surface area contributed by atoms with Crippen molar-refractivity contribution in [2.45, 2.75) is 11.5 Å². The Balaban J connectivity index is 1.69. The molecule has 0 atom stereocenters. The van der Waals surface area contributed by atoms with E-state index in [9.17, 15) is 18.4 Å². The topological polar surface area (TPSA) is 100 Å². The molecule has 26 heavy (non-hydrogen) atoms. The van der Waals surface area contributed by atoms with Crippen LogP contribution in [-0.2, 0) is 5.75 Å². The summed E-state index contributed by atoms with van der Waals surface area (Å²) in [5.41, 5.74) is 1.90. The second-order valence-corrected chi connectivity index (χ2v) is 6.00. The number of nitrogens with one attached hydrogen (secondary N) is 2. The van der Waals surface area contributed by atoms with Gasteiger partial charge in [0.25, 0.3) is 17.2 Å².